The van der Waals surface area contributed by atoms with E-state index >= 15 is 0 Å². The van der Waals surface area contributed by atoms with E-state index in [1.807, 2.05) is 0 Å². The van der Waals surface area contributed by atoms with E-state index in [0.717, 1.165) is 0 Å². The molecule has 5 nitrogen and oxygen atoms in total. The Labute approximate surface area is 102 Å². The predicted molar refractivity (Wildman–Crippen MR) is 67.8 cm³/mol. The fraction of sp³-hybridized carbons (Fsp3) is 0.400. The second-order valence-electron chi connectivity index (χ2n) is 3.33. The molecule has 0 N–H and O–H groups in total. The van der Waals surface area contributed by atoms with E-state index in [4.69, 9.17) is 0 Å². The standard InChI is InChI=1S/C10H15NO4S2/c1-3-16(12,13)11(17(14,15)4-2)10-8-6-5-7-9-10/h5-9H,3-4H2,1-2H3. The maximum Gasteiger partial charge on any atom is 0.247 e. The first-order valence-corrected chi connectivity index (χ1v) is 8.38. The number of nitrogens with zero attached hydrogens (tertiary/aromatic N) is 1. The second-order valence-corrected chi connectivity index (χ2v) is 7.78. The molecule has 0 saturated carbocycles. The topological polar surface area (TPSA) is 71.5 Å². The lowest BCUT2D eigenvalue weighted by atomic mass is 10.3. The molecule has 7 heteroatoms. The molecule has 0 bridgehead atoms. The summed E-state index contributed by atoms with van der Waals surface area (Å²) in [4.78, 5) is 0. The number of hydrogen-bond donors (Lipinski definition) is 0. The Morgan fingerprint density at radius 1 is 0.882 bits per heavy atom. The number of anilines is 1. The van der Waals surface area contributed by atoms with Crippen molar-refractivity contribution in [3.63, 3.8) is 0 Å². The van der Waals surface area contributed by atoms with Gasteiger partial charge in [0.1, 0.15) is 0 Å². The Morgan fingerprint density at radius 3 is 1.65 bits per heavy atom. The van der Waals surface area contributed by atoms with Gasteiger partial charge < -0.3 is 0 Å². The van der Waals surface area contributed by atoms with E-state index < -0.39 is 20.0 Å². The Balaban J connectivity index is 3.44. The molecule has 0 aliphatic carbocycles. The lowest BCUT2D eigenvalue weighted by Gasteiger charge is -2.22. The molecule has 17 heavy (non-hydrogen) atoms. The number of benzene rings is 1. The molecule has 0 atom stereocenters. The van der Waals surface area contributed by atoms with Gasteiger partial charge in [-0.1, -0.05) is 18.2 Å². The van der Waals surface area contributed by atoms with E-state index in [1.54, 1.807) is 18.2 Å². The van der Waals surface area contributed by atoms with Crippen molar-refractivity contribution in [1.29, 1.82) is 0 Å². The molecule has 0 unspecified atom stereocenters. The van der Waals surface area contributed by atoms with Crippen LogP contribution in [0.3, 0.4) is 0 Å². The Bertz CT molecular complexity index is 530. The molecule has 0 amide bonds. The molecule has 96 valence electrons. The Kier molecular flexibility index (Phi) is 4.16. The molecule has 1 aromatic rings. The van der Waals surface area contributed by atoms with Crippen molar-refractivity contribution in [2.75, 3.05) is 15.2 Å². The Morgan fingerprint density at radius 2 is 1.29 bits per heavy atom. The van der Waals surface area contributed by atoms with Crippen molar-refractivity contribution < 1.29 is 16.8 Å². The third-order valence-electron chi connectivity index (χ3n) is 2.20. The quantitative estimate of drug-likeness (QED) is 0.810. The summed E-state index contributed by atoms with van der Waals surface area (Å²) < 4.78 is 47.9. The average Bonchev–Trinajstić information content (AvgIpc) is 2.30. The van der Waals surface area contributed by atoms with Gasteiger partial charge in [0, 0.05) is 0 Å². The third kappa shape index (κ3) is 2.98. The highest BCUT2D eigenvalue weighted by atomic mass is 32.3. The molecular weight excluding hydrogens is 262 g/mol. The minimum Gasteiger partial charge on any atom is -0.205 e. The fourth-order valence-electron chi connectivity index (χ4n) is 1.28. The number of para-hydroxylation sites is 1. The van der Waals surface area contributed by atoms with Crippen LogP contribution in [-0.4, -0.2) is 28.3 Å². The van der Waals surface area contributed by atoms with Gasteiger partial charge in [0.05, 0.1) is 17.2 Å². The zero-order valence-corrected chi connectivity index (χ0v) is 11.3. The zero-order chi connectivity index (χ0) is 13.1. The first kappa shape index (κ1) is 14.0. The zero-order valence-electron chi connectivity index (χ0n) is 9.70. The molecule has 0 saturated heterocycles. The van der Waals surface area contributed by atoms with Crippen LogP contribution in [0.25, 0.3) is 0 Å². The van der Waals surface area contributed by atoms with Crippen molar-refractivity contribution in [3.8, 4) is 0 Å². The van der Waals surface area contributed by atoms with Crippen LogP contribution in [0.5, 0.6) is 0 Å². The van der Waals surface area contributed by atoms with Crippen LogP contribution >= 0.6 is 0 Å². The van der Waals surface area contributed by atoms with Gasteiger partial charge in [-0.25, -0.2) is 16.8 Å². The summed E-state index contributed by atoms with van der Waals surface area (Å²) in [5, 5.41) is 0. The van der Waals surface area contributed by atoms with Crippen molar-refractivity contribution >= 4 is 25.7 Å². The molecular formula is C10H15NO4S2. The van der Waals surface area contributed by atoms with Crippen LogP contribution in [0.2, 0.25) is 0 Å². The normalized spacial score (nSPS) is 12.4. The van der Waals surface area contributed by atoms with Crippen molar-refractivity contribution in [1.82, 2.24) is 0 Å². The highest BCUT2D eigenvalue weighted by Gasteiger charge is 2.31. The van der Waals surface area contributed by atoms with Gasteiger partial charge in [-0.15, -0.1) is 0 Å². The molecule has 0 radical (unpaired) electrons. The van der Waals surface area contributed by atoms with Crippen molar-refractivity contribution in [2.24, 2.45) is 0 Å². The van der Waals surface area contributed by atoms with Gasteiger partial charge in [0.25, 0.3) is 0 Å². The summed E-state index contributed by atoms with van der Waals surface area (Å²) in [7, 11) is -7.68. The molecule has 0 aliphatic heterocycles. The van der Waals surface area contributed by atoms with E-state index in [1.165, 1.54) is 26.0 Å². The predicted octanol–water partition coefficient (Wildman–Crippen LogP) is 1.19. The molecule has 0 aromatic heterocycles. The van der Waals surface area contributed by atoms with Crippen LogP contribution in [0, 0.1) is 0 Å². The number of hydrogen-bond acceptors (Lipinski definition) is 4. The summed E-state index contributed by atoms with van der Waals surface area (Å²) in [6, 6.07) is 7.80. The van der Waals surface area contributed by atoms with Crippen LogP contribution in [-0.2, 0) is 20.0 Å². The summed E-state index contributed by atoms with van der Waals surface area (Å²) in [5.41, 5.74) is 0.149. The van der Waals surface area contributed by atoms with Gasteiger partial charge in [-0.2, -0.15) is 3.71 Å². The van der Waals surface area contributed by atoms with Crippen LogP contribution in [0.4, 0.5) is 5.69 Å². The molecule has 1 aromatic carbocycles. The van der Waals surface area contributed by atoms with E-state index in [9.17, 15) is 16.8 Å². The molecule has 1 rings (SSSR count). The summed E-state index contributed by atoms with van der Waals surface area (Å²) in [5.74, 6) is -0.526. The average molecular weight is 277 g/mol. The molecule has 0 heterocycles. The summed E-state index contributed by atoms with van der Waals surface area (Å²) >= 11 is 0. The van der Waals surface area contributed by atoms with E-state index in [0.29, 0.717) is 3.71 Å². The number of rotatable bonds is 5. The van der Waals surface area contributed by atoms with Crippen LogP contribution < -0.4 is 3.71 Å². The maximum atomic E-state index is 11.9. The molecule has 0 fully saturated rings. The maximum absolute atomic E-state index is 11.9. The van der Waals surface area contributed by atoms with Crippen LogP contribution in [0.15, 0.2) is 30.3 Å². The smallest absolute Gasteiger partial charge is 0.205 e. The molecule has 0 aliphatic rings. The van der Waals surface area contributed by atoms with Gasteiger partial charge in [0.15, 0.2) is 0 Å². The lowest BCUT2D eigenvalue weighted by Crippen LogP contribution is -2.38. The highest BCUT2D eigenvalue weighted by Crippen LogP contribution is 2.22. The largest absolute Gasteiger partial charge is 0.247 e. The van der Waals surface area contributed by atoms with Gasteiger partial charge in [-0.3, -0.25) is 0 Å². The lowest BCUT2D eigenvalue weighted by molar-refractivity contribution is 0.585. The van der Waals surface area contributed by atoms with E-state index in [-0.39, 0.29) is 17.2 Å². The van der Waals surface area contributed by atoms with Crippen molar-refractivity contribution in [2.45, 2.75) is 13.8 Å². The Hall–Kier alpha value is -1.08. The minimum absolute atomic E-state index is 0.149. The van der Waals surface area contributed by atoms with Crippen LogP contribution in [0.1, 0.15) is 13.8 Å². The summed E-state index contributed by atoms with van der Waals surface area (Å²) in [6.07, 6.45) is 0. The van der Waals surface area contributed by atoms with E-state index in [2.05, 4.69) is 0 Å². The van der Waals surface area contributed by atoms with Crippen molar-refractivity contribution in [3.05, 3.63) is 30.3 Å². The first-order chi connectivity index (χ1) is 7.85. The molecule has 0 spiro atoms. The highest BCUT2D eigenvalue weighted by molar-refractivity contribution is 8.10. The summed E-state index contributed by atoms with van der Waals surface area (Å²) in [6.45, 7) is 2.83. The SMILES string of the molecule is CCS(=O)(=O)N(c1ccccc1)S(=O)(=O)CC. The second kappa shape index (κ2) is 5.05. The number of sulfonamides is 2. The van der Waals surface area contributed by atoms with Gasteiger partial charge in [0.2, 0.25) is 20.0 Å². The first-order valence-electron chi connectivity index (χ1n) is 5.16. The van der Waals surface area contributed by atoms with Gasteiger partial charge >= 0.3 is 0 Å². The minimum atomic E-state index is -3.84. The third-order valence-corrected chi connectivity index (χ3v) is 6.46. The van der Waals surface area contributed by atoms with Gasteiger partial charge in [-0.05, 0) is 26.0 Å². The fourth-order valence-corrected chi connectivity index (χ4v) is 4.65. The monoisotopic (exact) mass is 277 g/mol.